The first-order valence-corrected chi connectivity index (χ1v) is 11.7. The zero-order chi connectivity index (χ0) is 23.6. The highest BCUT2D eigenvalue weighted by molar-refractivity contribution is 5.94. The van der Waals surface area contributed by atoms with Crippen LogP contribution in [0.1, 0.15) is 40.7 Å². The van der Waals surface area contributed by atoms with Crippen molar-refractivity contribution in [3.8, 4) is 11.5 Å². The maximum Gasteiger partial charge on any atom is 0.258 e. The van der Waals surface area contributed by atoms with Crippen molar-refractivity contribution in [1.82, 2.24) is 10.2 Å². The van der Waals surface area contributed by atoms with Gasteiger partial charge in [0.25, 0.3) is 11.8 Å². The van der Waals surface area contributed by atoms with Gasteiger partial charge in [0.2, 0.25) is 0 Å². The van der Waals surface area contributed by atoms with Gasteiger partial charge in [0.05, 0.1) is 0 Å². The molecule has 0 radical (unpaired) electrons. The molecule has 0 unspecified atom stereocenters. The third-order valence-electron chi connectivity index (χ3n) is 5.78. The van der Waals surface area contributed by atoms with Crippen molar-refractivity contribution in [3.05, 3.63) is 95.6 Å². The molecule has 0 bridgehead atoms. The number of carbonyl (C=O) groups excluding carboxylic acids is 2. The lowest BCUT2D eigenvalue weighted by molar-refractivity contribution is -0.123. The van der Waals surface area contributed by atoms with E-state index in [0.717, 1.165) is 42.8 Å². The second-order valence-corrected chi connectivity index (χ2v) is 8.36. The number of carbonyl (C=O) groups is 2. The first-order chi connectivity index (χ1) is 16.7. The predicted octanol–water partition coefficient (Wildman–Crippen LogP) is 4.59. The molecule has 1 aliphatic heterocycles. The Morgan fingerprint density at radius 2 is 1.38 bits per heavy atom. The maximum atomic E-state index is 12.6. The molecule has 34 heavy (non-hydrogen) atoms. The minimum Gasteiger partial charge on any atom is -0.489 e. The summed E-state index contributed by atoms with van der Waals surface area (Å²) in [4.78, 5) is 26.6. The van der Waals surface area contributed by atoms with Gasteiger partial charge in [0.1, 0.15) is 18.1 Å². The van der Waals surface area contributed by atoms with E-state index in [1.54, 1.807) is 12.1 Å². The summed E-state index contributed by atoms with van der Waals surface area (Å²) < 4.78 is 11.3. The Bertz CT molecular complexity index is 1060. The molecule has 0 spiro atoms. The Balaban J connectivity index is 1.17. The van der Waals surface area contributed by atoms with Crippen molar-refractivity contribution in [2.75, 3.05) is 19.7 Å². The fraction of sp³-hybridized carbons (Fsp3) is 0.286. The van der Waals surface area contributed by atoms with E-state index < -0.39 is 0 Å². The second-order valence-electron chi connectivity index (χ2n) is 8.36. The number of piperidine rings is 1. The number of hydrogen-bond acceptors (Lipinski definition) is 4. The minimum atomic E-state index is -0.210. The molecule has 1 heterocycles. The van der Waals surface area contributed by atoms with Crippen LogP contribution in [0.15, 0.2) is 78.9 Å². The molecule has 1 aliphatic rings. The van der Waals surface area contributed by atoms with Gasteiger partial charge in [-0.15, -0.1) is 0 Å². The van der Waals surface area contributed by atoms with Crippen LogP contribution in [0.25, 0.3) is 0 Å². The zero-order valence-corrected chi connectivity index (χ0v) is 19.2. The number of likely N-dealkylation sites (tertiary alicyclic amines) is 1. The summed E-state index contributed by atoms with van der Waals surface area (Å²) >= 11 is 0. The molecule has 3 aromatic rings. The molecule has 176 valence electrons. The van der Waals surface area contributed by atoms with Crippen LogP contribution in [0, 0.1) is 0 Å². The smallest absolute Gasteiger partial charge is 0.258 e. The highest BCUT2D eigenvalue weighted by Crippen LogP contribution is 2.19. The minimum absolute atomic E-state index is 0.0737. The van der Waals surface area contributed by atoms with Gasteiger partial charge in [-0.1, -0.05) is 42.5 Å². The number of ether oxygens (including phenoxy) is 2. The monoisotopic (exact) mass is 458 g/mol. The molecule has 2 amide bonds. The molecule has 6 nitrogen and oxygen atoms in total. The fourth-order valence-corrected chi connectivity index (χ4v) is 3.82. The summed E-state index contributed by atoms with van der Waals surface area (Å²) in [6.07, 6.45) is 3.34. The largest absolute Gasteiger partial charge is 0.489 e. The Morgan fingerprint density at radius 1 is 0.735 bits per heavy atom. The first-order valence-electron chi connectivity index (χ1n) is 11.7. The third kappa shape index (κ3) is 6.85. The van der Waals surface area contributed by atoms with E-state index in [0.29, 0.717) is 24.5 Å². The van der Waals surface area contributed by atoms with Gasteiger partial charge in [0, 0.05) is 25.2 Å². The van der Waals surface area contributed by atoms with Crippen molar-refractivity contribution in [3.63, 3.8) is 0 Å². The van der Waals surface area contributed by atoms with Crippen molar-refractivity contribution in [2.45, 2.75) is 32.4 Å². The van der Waals surface area contributed by atoms with Crippen LogP contribution in [0.2, 0.25) is 0 Å². The lowest BCUT2D eigenvalue weighted by Crippen LogP contribution is -2.35. The van der Waals surface area contributed by atoms with Crippen LogP contribution in [0.5, 0.6) is 11.5 Å². The molecule has 0 atom stereocenters. The molecular formula is C28H30N2O4. The number of benzene rings is 3. The van der Waals surface area contributed by atoms with E-state index in [-0.39, 0.29) is 18.4 Å². The summed E-state index contributed by atoms with van der Waals surface area (Å²) in [6, 6.07) is 24.6. The van der Waals surface area contributed by atoms with Gasteiger partial charge in [-0.25, -0.2) is 0 Å². The van der Waals surface area contributed by atoms with Gasteiger partial charge in [-0.05, 0) is 66.8 Å². The molecule has 0 aliphatic carbocycles. The van der Waals surface area contributed by atoms with Crippen LogP contribution in [-0.2, 0) is 17.9 Å². The summed E-state index contributed by atoms with van der Waals surface area (Å²) in [7, 11) is 0. The van der Waals surface area contributed by atoms with E-state index in [4.69, 9.17) is 9.47 Å². The lowest BCUT2D eigenvalue weighted by atomic mass is 10.1. The average molecular weight is 459 g/mol. The quantitative estimate of drug-likeness (QED) is 0.509. The SMILES string of the molecule is O=C(COc1ccc(OCc2ccccc2)cc1)NCc1ccc(C(=O)N2CCCCC2)cc1. The van der Waals surface area contributed by atoms with Crippen molar-refractivity contribution < 1.29 is 19.1 Å². The molecule has 1 saturated heterocycles. The molecule has 3 aromatic carbocycles. The van der Waals surface area contributed by atoms with Crippen molar-refractivity contribution >= 4 is 11.8 Å². The summed E-state index contributed by atoms with van der Waals surface area (Å²) in [5, 5.41) is 2.85. The van der Waals surface area contributed by atoms with Crippen LogP contribution < -0.4 is 14.8 Å². The van der Waals surface area contributed by atoms with E-state index >= 15 is 0 Å². The van der Waals surface area contributed by atoms with E-state index in [1.807, 2.05) is 71.6 Å². The van der Waals surface area contributed by atoms with Gasteiger partial charge < -0.3 is 19.7 Å². The van der Waals surface area contributed by atoms with E-state index in [9.17, 15) is 9.59 Å². The highest BCUT2D eigenvalue weighted by Gasteiger charge is 2.17. The highest BCUT2D eigenvalue weighted by atomic mass is 16.5. The molecule has 0 aromatic heterocycles. The predicted molar refractivity (Wildman–Crippen MR) is 131 cm³/mol. The number of amides is 2. The topological polar surface area (TPSA) is 67.9 Å². The Hall–Kier alpha value is -3.80. The van der Waals surface area contributed by atoms with Crippen molar-refractivity contribution in [1.29, 1.82) is 0 Å². The zero-order valence-electron chi connectivity index (χ0n) is 19.2. The van der Waals surface area contributed by atoms with Crippen LogP contribution >= 0.6 is 0 Å². The van der Waals surface area contributed by atoms with Gasteiger partial charge in [0.15, 0.2) is 6.61 Å². The molecular weight excluding hydrogens is 428 g/mol. The van der Waals surface area contributed by atoms with Gasteiger partial charge >= 0.3 is 0 Å². The summed E-state index contributed by atoms with van der Waals surface area (Å²) in [6.45, 7) is 2.47. The van der Waals surface area contributed by atoms with Crippen molar-refractivity contribution in [2.24, 2.45) is 0 Å². The maximum absolute atomic E-state index is 12.6. The van der Waals surface area contributed by atoms with Crippen LogP contribution in [0.3, 0.4) is 0 Å². The Labute approximate surface area is 200 Å². The van der Waals surface area contributed by atoms with E-state index in [2.05, 4.69) is 5.32 Å². The number of rotatable bonds is 9. The number of nitrogens with one attached hydrogen (secondary N) is 1. The first kappa shape index (κ1) is 23.4. The molecule has 6 heteroatoms. The third-order valence-corrected chi connectivity index (χ3v) is 5.78. The van der Waals surface area contributed by atoms with E-state index in [1.165, 1.54) is 6.42 Å². The average Bonchev–Trinajstić information content (AvgIpc) is 2.91. The van der Waals surface area contributed by atoms with Gasteiger partial charge in [-0.2, -0.15) is 0 Å². The summed E-state index contributed by atoms with van der Waals surface area (Å²) in [5.74, 6) is 1.21. The lowest BCUT2D eigenvalue weighted by Gasteiger charge is -2.26. The molecule has 4 rings (SSSR count). The number of hydrogen-bond donors (Lipinski definition) is 1. The van der Waals surface area contributed by atoms with Crippen LogP contribution in [0.4, 0.5) is 0 Å². The number of nitrogens with zero attached hydrogens (tertiary/aromatic N) is 1. The summed E-state index contributed by atoms with van der Waals surface area (Å²) in [5.41, 5.74) is 2.72. The second kappa shape index (κ2) is 11.9. The van der Waals surface area contributed by atoms with Gasteiger partial charge in [-0.3, -0.25) is 9.59 Å². The Kier molecular flexibility index (Phi) is 8.17. The normalized spacial score (nSPS) is 13.2. The van der Waals surface area contributed by atoms with Crippen LogP contribution in [-0.4, -0.2) is 36.4 Å². The Morgan fingerprint density at radius 3 is 2.06 bits per heavy atom. The fourth-order valence-electron chi connectivity index (χ4n) is 3.82. The standard InChI is InChI=1S/C28H30N2O4/c31-27(21-34-26-15-13-25(14-16-26)33-20-23-7-3-1-4-8-23)29-19-22-9-11-24(12-10-22)28(32)30-17-5-2-6-18-30/h1,3-4,7-16H,2,5-6,17-21H2,(H,29,31). The molecule has 1 N–H and O–H groups in total. The molecule has 1 fully saturated rings. The molecule has 0 saturated carbocycles.